The Hall–Kier alpha value is -1.12. The molecule has 120 valence electrons. The van der Waals surface area contributed by atoms with Gasteiger partial charge in [-0.25, -0.2) is 0 Å². The maximum absolute atomic E-state index is 12.8. The summed E-state index contributed by atoms with van der Waals surface area (Å²) in [4.78, 5) is 14.6. The lowest BCUT2D eigenvalue weighted by atomic mass is 9.74. The SMILES string of the molecule is CCOCCN(CCOCC)C(=O)C1(C#N)CCCCC1. The van der Waals surface area contributed by atoms with E-state index in [9.17, 15) is 10.1 Å². The molecule has 0 saturated heterocycles. The molecule has 0 atom stereocenters. The minimum Gasteiger partial charge on any atom is -0.380 e. The van der Waals surface area contributed by atoms with E-state index < -0.39 is 5.41 Å². The average Bonchev–Trinajstić information content (AvgIpc) is 2.53. The number of rotatable bonds is 9. The monoisotopic (exact) mass is 296 g/mol. The molecule has 1 fully saturated rings. The Bertz CT molecular complexity index is 336. The second kappa shape index (κ2) is 9.75. The highest BCUT2D eigenvalue weighted by Gasteiger charge is 2.42. The van der Waals surface area contributed by atoms with Gasteiger partial charge in [0.05, 0.1) is 19.3 Å². The van der Waals surface area contributed by atoms with E-state index in [2.05, 4.69) is 6.07 Å². The van der Waals surface area contributed by atoms with E-state index >= 15 is 0 Å². The molecule has 1 aliphatic carbocycles. The van der Waals surface area contributed by atoms with Crippen molar-refractivity contribution in [2.75, 3.05) is 39.5 Å². The molecule has 1 amide bonds. The fraction of sp³-hybridized carbons (Fsp3) is 0.875. The predicted octanol–water partition coefficient (Wildman–Crippen LogP) is 2.36. The topological polar surface area (TPSA) is 62.6 Å². The molecule has 0 aliphatic heterocycles. The van der Waals surface area contributed by atoms with Crippen molar-refractivity contribution in [3.05, 3.63) is 0 Å². The molecule has 0 unspecified atom stereocenters. The van der Waals surface area contributed by atoms with Gasteiger partial charge in [0.2, 0.25) is 5.91 Å². The molecule has 1 saturated carbocycles. The van der Waals surface area contributed by atoms with Crippen LogP contribution in [0.2, 0.25) is 0 Å². The molecule has 5 heteroatoms. The molecular formula is C16H28N2O3. The van der Waals surface area contributed by atoms with E-state index in [0.717, 1.165) is 19.3 Å². The molecule has 0 heterocycles. The Labute approximate surface area is 128 Å². The van der Waals surface area contributed by atoms with Crippen LogP contribution in [0, 0.1) is 16.7 Å². The Kier molecular flexibility index (Phi) is 8.33. The van der Waals surface area contributed by atoms with Gasteiger partial charge >= 0.3 is 0 Å². The van der Waals surface area contributed by atoms with Crippen LogP contribution < -0.4 is 0 Å². The summed E-state index contributed by atoms with van der Waals surface area (Å²) in [6, 6.07) is 2.31. The molecule has 5 nitrogen and oxygen atoms in total. The van der Waals surface area contributed by atoms with Crippen molar-refractivity contribution < 1.29 is 14.3 Å². The molecule has 1 rings (SSSR count). The van der Waals surface area contributed by atoms with Crippen LogP contribution in [0.25, 0.3) is 0 Å². The summed E-state index contributed by atoms with van der Waals surface area (Å²) in [7, 11) is 0. The number of nitrogens with zero attached hydrogens (tertiary/aromatic N) is 2. The van der Waals surface area contributed by atoms with Crippen molar-refractivity contribution in [2.45, 2.75) is 46.0 Å². The second-order valence-corrected chi connectivity index (χ2v) is 5.44. The van der Waals surface area contributed by atoms with Crippen molar-refractivity contribution in [2.24, 2.45) is 5.41 Å². The van der Waals surface area contributed by atoms with Gasteiger partial charge in [0.25, 0.3) is 0 Å². The highest BCUT2D eigenvalue weighted by atomic mass is 16.5. The number of ether oxygens (including phenoxy) is 2. The van der Waals surface area contributed by atoms with Gasteiger partial charge in [0.15, 0.2) is 0 Å². The summed E-state index contributed by atoms with van der Waals surface area (Å²) in [5.41, 5.74) is -0.823. The van der Waals surface area contributed by atoms with E-state index in [4.69, 9.17) is 9.47 Å². The van der Waals surface area contributed by atoms with Gasteiger partial charge < -0.3 is 14.4 Å². The third-order valence-electron chi connectivity index (χ3n) is 4.04. The Balaban J connectivity index is 2.69. The summed E-state index contributed by atoms with van der Waals surface area (Å²) >= 11 is 0. The maximum atomic E-state index is 12.8. The minimum absolute atomic E-state index is 0.0379. The van der Waals surface area contributed by atoms with Crippen LogP contribution in [0.3, 0.4) is 0 Å². The molecule has 0 radical (unpaired) electrons. The highest BCUT2D eigenvalue weighted by Crippen LogP contribution is 2.37. The zero-order valence-electron chi connectivity index (χ0n) is 13.4. The largest absolute Gasteiger partial charge is 0.380 e. The van der Waals surface area contributed by atoms with E-state index in [1.54, 1.807) is 4.90 Å². The first-order valence-electron chi connectivity index (χ1n) is 8.06. The van der Waals surface area contributed by atoms with Crippen LogP contribution in [-0.2, 0) is 14.3 Å². The molecule has 0 N–H and O–H groups in total. The van der Waals surface area contributed by atoms with Crippen LogP contribution >= 0.6 is 0 Å². The summed E-state index contributed by atoms with van der Waals surface area (Å²) in [6.07, 6.45) is 4.41. The Morgan fingerprint density at radius 2 is 1.62 bits per heavy atom. The standard InChI is InChI=1S/C16H28N2O3/c1-3-20-12-10-18(11-13-21-4-2)15(19)16(14-17)8-6-5-7-9-16/h3-13H2,1-2H3. The van der Waals surface area contributed by atoms with Gasteiger partial charge in [-0.3, -0.25) is 4.79 Å². The quantitative estimate of drug-likeness (QED) is 0.613. The summed E-state index contributed by atoms with van der Waals surface area (Å²) in [6.45, 7) is 7.22. The fourth-order valence-electron chi connectivity index (χ4n) is 2.78. The normalized spacial score (nSPS) is 17.2. The van der Waals surface area contributed by atoms with E-state index in [1.165, 1.54) is 0 Å². The number of hydrogen-bond donors (Lipinski definition) is 0. The number of hydrogen-bond acceptors (Lipinski definition) is 4. The third kappa shape index (κ3) is 5.29. The lowest BCUT2D eigenvalue weighted by Crippen LogP contribution is -2.47. The van der Waals surface area contributed by atoms with E-state index in [1.807, 2.05) is 13.8 Å². The van der Waals surface area contributed by atoms with Crippen molar-refractivity contribution >= 4 is 5.91 Å². The first-order valence-corrected chi connectivity index (χ1v) is 8.06. The van der Waals surface area contributed by atoms with Gasteiger partial charge in [-0.1, -0.05) is 19.3 Å². The number of amides is 1. The van der Waals surface area contributed by atoms with Crippen LogP contribution in [0.5, 0.6) is 0 Å². The lowest BCUT2D eigenvalue weighted by molar-refractivity contribution is -0.142. The van der Waals surface area contributed by atoms with Gasteiger partial charge in [0, 0.05) is 26.3 Å². The summed E-state index contributed by atoms with van der Waals surface area (Å²) in [5.74, 6) is -0.0379. The lowest BCUT2D eigenvalue weighted by Gasteiger charge is -2.34. The molecule has 21 heavy (non-hydrogen) atoms. The van der Waals surface area contributed by atoms with Gasteiger partial charge in [-0.05, 0) is 26.7 Å². The van der Waals surface area contributed by atoms with Gasteiger partial charge in [0.1, 0.15) is 5.41 Å². The number of nitriles is 1. The first-order chi connectivity index (χ1) is 10.2. The fourth-order valence-corrected chi connectivity index (χ4v) is 2.78. The highest BCUT2D eigenvalue weighted by molar-refractivity contribution is 5.85. The van der Waals surface area contributed by atoms with E-state index in [0.29, 0.717) is 52.4 Å². The Morgan fingerprint density at radius 3 is 2.05 bits per heavy atom. The predicted molar refractivity (Wildman–Crippen MR) is 80.7 cm³/mol. The minimum atomic E-state index is -0.823. The van der Waals surface area contributed by atoms with Crippen molar-refractivity contribution in [1.82, 2.24) is 4.90 Å². The van der Waals surface area contributed by atoms with E-state index in [-0.39, 0.29) is 5.91 Å². The molecule has 0 aromatic rings. The number of carbonyl (C=O) groups excluding carboxylic acids is 1. The molecule has 1 aliphatic rings. The van der Waals surface area contributed by atoms with Crippen LogP contribution in [0.1, 0.15) is 46.0 Å². The van der Waals surface area contributed by atoms with Gasteiger partial charge in [-0.15, -0.1) is 0 Å². The summed E-state index contributed by atoms with van der Waals surface area (Å²) in [5, 5.41) is 9.54. The van der Waals surface area contributed by atoms with Crippen LogP contribution in [0.4, 0.5) is 0 Å². The third-order valence-corrected chi connectivity index (χ3v) is 4.04. The smallest absolute Gasteiger partial charge is 0.243 e. The maximum Gasteiger partial charge on any atom is 0.243 e. The molecule has 0 aromatic carbocycles. The summed E-state index contributed by atoms with van der Waals surface area (Å²) < 4.78 is 10.7. The van der Waals surface area contributed by atoms with Crippen molar-refractivity contribution in [3.8, 4) is 6.07 Å². The number of carbonyl (C=O) groups is 1. The zero-order chi connectivity index (χ0) is 15.6. The van der Waals surface area contributed by atoms with Gasteiger partial charge in [-0.2, -0.15) is 5.26 Å². The second-order valence-electron chi connectivity index (χ2n) is 5.44. The molecule has 0 bridgehead atoms. The van der Waals surface area contributed by atoms with Crippen molar-refractivity contribution in [1.29, 1.82) is 5.26 Å². The Morgan fingerprint density at radius 1 is 1.10 bits per heavy atom. The van der Waals surface area contributed by atoms with Crippen molar-refractivity contribution in [3.63, 3.8) is 0 Å². The average molecular weight is 296 g/mol. The molecule has 0 aromatic heterocycles. The first kappa shape index (κ1) is 17.9. The van der Waals surface area contributed by atoms with Crippen LogP contribution in [-0.4, -0.2) is 50.3 Å². The molecular weight excluding hydrogens is 268 g/mol. The van der Waals surface area contributed by atoms with Crippen LogP contribution in [0.15, 0.2) is 0 Å². The zero-order valence-corrected chi connectivity index (χ0v) is 13.4. The molecule has 0 spiro atoms.